The molecule has 1 aliphatic rings. The second-order valence-corrected chi connectivity index (χ2v) is 8.49. The maximum absolute atomic E-state index is 12.6. The van der Waals surface area contributed by atoms with Crippen molar-refractivity contribution < 1.29 is 23.6 Å². The Balaban J connectivity index is 1.30. The number of aryl methyl sites for hydroxylation is 1. The third-order valence-electron chi connectivity index (χ3n) is 4.68. The van der Waals surface area contributed by atoms with E-state index < -0.39 is 18.5 Å². The standard InChI is InChI=1S/C23H22N4O5S/c1-14-24-21(32-27-14)13-33-19-8-3-2-7-18(19)23(30)31-12-20(28)25-17-6-4-5-15(11-17)22(29)26-16-9-10-16/h2-8,11,16H,9-10,12-13H2,1H3,(H,25,28)(H,26,29). The summed E-state index contributed by atoms with van der Waals surface area (Å²) in [6.07, 6.45) is 1.98. The van der Waals surface area contributed by atoms with E-state index in [4.69, 9.17) is 9.26 Å². The Morgan fingerprint density at radius 3 is 2.73 bits per heavy atom. The molecule has 1 heterocycles. The molecule has 0 spiro atoms. The van der Waals surface area contributed by atoms with Crippen molar-refractivity contribution in [3.63, 3.8) is 0 Å². The van der Waals surface area contributed by atoms with Crippen LogP contribution in [0, 0.1) is 6.92 Å². The Morgan fingerprint density at radius 1 is 1.15 bits per heavy atom. The summed E-state index contributed by atoms with van der Waals surface area (Å²) in [6, 6.07) is 13.8. The highest BCUT2D eigenvalue weighted by Gasteiger charge is 2.24. The van der Waals surface area contributed by atoms with Crippen molar-refractivity contribution in [3.8, 4) is 0 Å². The van der Waals surface area contributed by atoms with Crippen LogP contribution in [0.3, 0.4) is 0 Å². The molecule has 2 aromatic carbocycles. The lowest BCUT2D eigenvalue weighted by atomic mass is 10.2. The molecule has 2 N–H and O–H groups in total. The molecule has 0 unspecified atom stereocenters. The molecule has 1 aromatic heterocycles. The van der Waals surface area contributed by atoms with Crippen molar-refractivity contribution in [2.24, 2.45) is 0 Å². The summed E-state index contributed by atoms with van der Waals surface area (Å²) < 4.78 is 10.3. The average Bonchev–Trinajstić information content (AvgIpc) is 3.54. The number of thioether (sulfide) groups is 1. The largest absolute Gasteiger partial charge is 0.452 e. The average molecular weight is 467 g/mol. The van der Waals surface area contributed by atoms with Crippen molar-refractivity contribution in [1.29, 1.82) is 0 Å². The first-order chi connectivity index (χ1) is 16.0. The normalized spacial score (nSPS) is 12.8. The zero-order valence-electron chi connectivity index (χ0n) is 17.9. The van der Waals surface area contributed by atoms with Crippen LogP contribution in [0.5, 0.6) is 0 Å². The third kappa shape index (κ3) is 6.42. The van der Waals surface area contributed by atoms with Crippen LogP contribution in [0.15, 0.2) is 57.9 Å². The molecule has 0 saturated heterocycles. The molecule has 0 radical (unpaired) electrons. The molecule has 0 aliphatic heterocycles. The van der Waals surface area contributed by atoms with Gasteiger partial charge in [-0.1, -0.05) is 23.4 Å². The minimum atomic E-state index is -0.618. The topological polar surface area (TPSA) is 123 Å². The Hall–Kier alpha value is -3.66. The number of ether oxygens (including phenoxy) is 1. The van der Waals surface area contributed by atoms with Gasteiger partial charge in [-0.2, -0.15) is 4.98 Å². The molecule has 1 aliphatic carbocycles. The fourth-order valence-electron chi connectivity index (χ4n) is 2.94. The molecular formula is C23H22N4O5S. The molecule has 0 atom stereocenters. The number of hydrogen-bond acceptors (Lipinski definition) is 8. The number of anilines is 1. The summed E-state index contributed by atoms with van der Waals surface area (Å²) in [5.74, 6) is 0.0920. The predicted octanol–water partition coefficient (Wildman–Crippen LogP) is 3.36. The third-order valence-corrected chi connectivity index (χ3v) is 5.74. The van der Waals surface area contributed by atoms with Gasteiger partial charge in [0.2, 0.25) is 5.89 Å². The molecule has 3 aromatic rings. The molecule has 1 fully saturated rings. The molecule has 10 heteroatoms. The minimum absolute atomic E-state index is 0.176. The van der Waals surface area contributed by atoms with Crippen LogP contribution < -0.4 is 10.6 Å². The number of rotatable bonds is 9. The molecule has 170 valence electrons. The molecule has 0 bridgehead atoms. The van der Waals surface area contributed by atoms with Crippen molar-refractivity contribution in [2.75, 3.05) is 11.9 Å². The van der Waals surface area contributed by atoms with Crippen molar-refractivity contribution >= 4 is 35.2 Å². The summed E-state index contributed by atoms with van der Waals surface area (Å²) in [5.41, 5.74) is 1.25. The summed E-state index contributed by atoms with van der Waals surface area (Å²) in [7, 11) is 0. The highest BCUT2D eigenvalue weighted by Crippen LogP contribution is 2.26. The maximum Gasteiger partial charge on any atom is 0.339 e. The smallest absolute Gasteiger partial charge is 0.339 e. The number of nitrogens with zero attached hydrogens (tertiary/aromatic N) is 2. The Morgan fingerprint density at radius 2 is 1.97 bits per heavy atom. The van der Waals surface area contributed by atoms with Gasteiger partial charge >= 0.3 is 5.97 Å². The highest BCUT2D eigenvalue weighted by molar-refractivity contribution is 7.98. The van der Waals surface area contributed by atoms with E-state index in [0.717, 1.165) is 12.8 Å². The second kappa shape index (κ2) is 10.3. The predicted molar refractivity (Wildman–Crippen MR) is 121 cm³/mol. The molecule has 2 amide bonds. The Labute approximate surface area is 194 Å². The van der Waals surface area contributed by atoms with Crippen LogP contribution in [-0.2, 0) is 15.3 Å². The van der Waals surface area contributed by atoms with Gasteiger partial charge in [-0.05, 0) is 50.1 Å². The molecule has 9 nitrogen and oxygen atoms in total. The summed E-state index contributed by atoms with van der Waals surface area (Å²) in [6.45, 7) is 1.27. The lowest BCUT2D eigenvalue weighted by molar-refractivity contribution is -0.119. The van der Waals surface area contributed by atoms with Gasteiger partial charge in [0.1, 0.15) is 0 Å². The van der Waals surface area contributed by atoms with Crippen LogP contribution >= 0.6 is 11.8 Å². The van der Waals surface area contributed by atoms with Gasteiger partial charge in [-0.25, -0.2) is 4.79 Å². The van der Waals surface area contributed by atoms with Crippen LogP contribution in [0.1, 0.15) is 45.3 Å². The molecule has 1 saturated carbocycles. The SMILES string of the molecule is Cc1noc(CSc2ccccc2C(=O)OCC(=O)Nc2cccc(C(=O)NC3CC3)c2)n1. The van der Waals surface area contributed by atoms with Crippen molar-refractivity contribution in [2.45, 2.75) is 36.5 Å². The Kier molecular flexibility index (Phi) is 7.04. The van der Waals surface area contributed by atoms with Crippen LogP contribution in [-0.4, -0.2) is 40.6 Å². The van der Waals surface area contributed by atoms with E-state index in [1.807, 2.05) is 0 Å². The van der Waals surface area contributed by atoms with Gasteiger partial charge in [-0.15, -0.1) is 11.8 Å². The van der Waals surface area contributed by atoms with Gasteiger partial charge < -0.3 is 19.9 Å². The lowest BCUT2D eigenvalue weighted by Gasteiger charge is -2.10. The zero-order chi connectivity index (χ0) is 23.2. The maximum atomic E-state index is 12.6. The van der Waals surface area contributed by atoms with Crippen LogP contribution in [0.2, 0.25) is 0 Å². The first-order valence-electron chi connectivity index (χ1n) is 10.4. The van der Waals surface area contributed by atoms with Crippen molar-refractivity contribution in [3.05, 3.63) is 71.4 Å². The van der Waals surface area contributed by atoms with Crippen molar-refractivity contribution in [1.82, 2.24) is 15.5 Å². The van der Waals surface area contributed by atoms with E-state index >= 15 is 0 Å². The van der Waals surface area contributed by atoms with Gasteiger partial charge in [0.25, 0.3) is 11.8 Å². The molecular weight excluding hydrogens is 444 g/mol. The number of amides is 2. The zero-order valence-corrected chi connectivity index (χ0v) is 18.7. The van der Waals surface area contributed by atoms with Gasteiger partial charge in [-0.3, -0.25) is 9.59 Å². The first-order valence-corrected chi connectivity index (χ1v) is 11.4. The van der Waals surface area contributed by atoms with E-state index in [1.54, 1.807) is 55.5 Å². The van der Waals surface area contributed by atoms with Gasteiger partial charge in [0.05, 0.1) is 11.3 Å². The van der Waals surface area contributed by atoms with E-state index in [1.165, 1.54) is 11.8 Å². The van der Waals surface area contributed by atoms with Crippen LogP contribution in [0.25, 0.3) is 0 Å². The Bertz CT molecular complexity index is 1170. The number of hydrogen-bond donors (Lipinski definition) is 2. The van der Waals surface area contributed by atoms with Crippen LogP contribution in [0.4, 0.5) is 5.69 Å². The first kappa shape index (κ1) is 22.5. The van der Waals surface area contributed by atoms with Gasteiger partial charge in [0, 0.05) is 22.2 Å². The quantitative estimate of drug-likeness (QED) is 0.363. The number of carbonyl (C=O) groups is 3. The monoisotopic (exact) mass is 466 g/mol. The lowest BCUT2D eigenvalue weighted by Crippen LogP contribution is -2.25. The summed E-state index contributed by atoms with van der Waals surface area (Å²) >= 11 is 1.36. The summed E-state index contributed by atoms with van der Waals surface area (Å²) in [5, 5.41) is 9.29. The van der Waals surface area contributed by atoms with Gasteiger partial charge in [0.15, 0.2) is 12.4 Å². The molecule has 4 rings (SSSR count). The number of benzene rings is 2. The van der Waals surface area contributed by atoms with E-state index in [-0.39, 0.29) is 11.9 Å². The number of carbonyl (C=O) groups excluding carboxylic acids is 3. The number of aromatic nitrogens is 2. The van der Waals surface area contributed by atoms with E-state index in [2.05, 4.69) is 20.8 Å². The number of esters is 1. The number of nitrogens with one attached hydrogen (secondary N) is 2. The summed E-state index contributed by atoms with van der Waals surface area (Å²) in [4.78, 5) is 41.9. The fraction of sp³-hybridized carbons (Fsp3) is 0.261. The minimum Gasteiger partial charge on any atom is -0.452 e. The fourth-order valence-corrected chi connectivity index (χ4v) is 3.82. The van der Waals surface area contributed by atoms with E-state index in [9.17, 15) is 14.4 Å². The molecule has 33 heavy (non-hydrogen) atoms. The second-order valence-electron chi connectivity index (χ2n) is 7.47. The highest BCUT2D eigenvalue weighted by atomic mass is 32.2. The van der Waals surface area contributed by atoms with E-state index in [0.29, 0.717) is 39.2 Å².